The maximum Gasteiger partial charge on any atom is 0.191 e. The van der Waals surface area contributed by atoms with Crippen LogP contribution < -0.4 is 15.4 Å². The zero-order chi connectivity index (χ0) is 17.9. The summed E-state index contributed by atoms with van der Waals surface area (Å²) in [6.45, 7) is 7.24. The fourth-order valence-electron chi connectivity index (χ4n) is 2.73. The monoisotopic (exact) mass is 348 g/mol. The number of nitrogens with zero attached hydrogens (tertiary/aromatic N) is 2. The number of nitrogens with one attached hydrogen (secondary N) is 2. The second-order valence-electron chi connectivity index (χ2n) is 6.23. The molecule has 6 nitrogen and oxygen atoms in total. The van der Waals surface area contributed by atoms with E-state index in [-0.39, 0.29) is 0 Å². The highest BCUT2D eigenvalue weighted by Crippen LogP contribution is 2.25. The van der Waals surface area contributed by atoms with Crippen LogP contribution in [0.5, 0.6) is 5.75 Å². The first-order valence-corrected chi connectivity index (χ1v) is 9.15. The first kappa shape index (κ1) is 19.5. The summed E-state index contributed by atoms with van der Waals surface area (Å²) in [7, 11) is 3.45. The van der Waals surface area contributed by atoms with Crippen molar-refractivity contribution in [3.05, 3.63) is 29.8 Å². The van der Waals surface area contributed by atoms with Gasteiger partial charge in [-0.05, 0) is 37.5 Å². The summed E-state index contributed by atoms with van der Waals surface area (Å²) in [5.41, 5.74) is 1.14. The molecule has 0 atom stereocenters. The lowest BCUT2D eigenvalue weighted by molar-refractivity contribution is 0.144. The summed E-state index contributed by atoms with van der Waals surface area (Å²) < 4.78 is 10.5. The smallest absolute Gasteiger partial charge is 0.191 e. The summed E-state index contributed by atoms with van der Waals surface area (Å²) in [5, 5.41) is 6.74. The molecule has 2 N–H and O–H groups in total. The Labute approximate surface area is 151 Å². The van der Waals surface area contributed by atoms with E-state index in [0.717, 1.165) is 56.1 Å². The number of ether oxygens (including phenoxy) is 2. The van der Waals surface area contributed by atoms with Crippen molar-refractivity contribution in [1.29, 1.82) is 0 Å². The Morgan fingerprint density at radius 3 is 2.76 bits per heavy atom. The molecular formula is C19H32N4O2. The number of rotatable bonds is 11. The van der Waals surface area contributed by atoms with Crippen molar-refractivity contribution in [3.8, 4) is 5.75 Å². The van der Waals surface area contributed by atoms with Gasteiger partial charge in [0.05, 0.1) is 20.3 Å². The average Bonchev–Trinajstić information content (AvgIpc) is 3.47. The Morgan fingerprint density at radius 1 is 1.24 bits per heavy atom. The molecule has 0 unspecified atom stereocenters. The molecule has 1 aromatic carbocycles. The lowest BCUT2D eigenvalue weighted by Gasteiger charge is -2.22. The molecule has 2 rings (SSSR count). The zero-order valence-corrected chi connectivity index (χ0v) is 15.8. The zero-order valence-electron chi connectivity index (χ0n) is 15.8. The van der Waals surface area contributed by atoms with E-state index in [2.05, 4.69) is 33.5 Å². The van der Waals surface area contributed by atoms with Crippen LogP contribution >= 0.6 is 0 Å². The minimum Gasteiger partial charge on any atom is -0.497 e. The lowest BCUT2D eigenvalue weighted by Crippen LogP contribution is -2.42. The van der Waals surface area contributed by atoms with Gasteiger partial charge in [-0.2, -0.15) is 0 Å². The Morgan fingerprint density at radius 2 is 2.08 bits per heavy atom. The van der Waals surface area contributed by atoms with E-state index in [4.69, 9.17) is 9.47 Å². The second-order valence-corrected chi connectivity index (χ2v) is 6.23. The third kappa shape index (κ3) is 7.32. The van der Waals surface area contributed by atoms with Gasteiger partial charge in [0.15, 0.2) is 5.96 Å². The van der Waals surface area contributed by atoms with Gasteiger partial charge < -0.3 is 20.1 Å². The topological polar surface area (TPSA) is 58.1 Å². The van der Waals surface area contributed by atoms with E-state index in [1.165, 1.54) is 12.8 Å². The van der Waals surface area contributed by atoms with E-state index >= 15 is 0 Å². The molecule has 0 amide bonds. The van der Waals surface area contributed by atoms with E-state index in [0.29, 0.717) is 6.54 Å². The minimum atomic E-state index is 0.628. The SMILES string of the molecule is CCNC(=NCc1cccc(OC)c1)NCCN(CCOC)C1CC1. The van der Waals surface area contributed by atoms with Crippen LogP contribution in [0.2, 0.25) is 0 Å². The van der Waals surface area contributed by atoms with Crippen LogP contribution in [-0.4, -0.2) is 63.9 Å². The van der Waals surface area contributed by atoms with E-state index in [9.17, 15) is 0 Å². The van der Waals surface area contributed by atoms with Crippen LogP contribution in [0.15, 0.2) is 29.3 Å². The summed E-state index contributed by atoms with van der Waals surface area (Å²) in [6.07, 6.45) is 2.63. The number of benzene rings is 1. The molecule has 0 bridgehead atoms. The average molecular weight is 348 g/mol. The molecule has 25 heavy (non-hydrogen) atoms. The van der Waals surface area contributed by atoms with Crippen molar-refractivity contribution >= 4 is 5.96 Å². The van der Waals surface area contributed by atoms with E-state index in [1.54, 1.807) is 14.2 Å². The maximum atomic E-state index is 5.27. The first-order chi connectivity index (χ1) is 12.3. The van der Waals surface area contributed by atoms with Gasteiger partial charge in [0.2, 0.25) is 0 Å². The van der Waals surface area contributed by atoms with Gasteiger partial charge >= 0.3 is 0 Å². The van der Waals surface area contributed by atoms with Gasteiger partial charge in [-0.1, -0.05) is 12.1 Å². The Hall–Kier alpha value is -1.79. The van der Waals surface area contributed by atoms with Crippen molar-refractivity contribution in [2.75, 3.05) is 47.0 Å². The molecule has 0 aliphatic heterocycles. The third-order valence-corrected chi connectivity index (χ3v) is 4.24. The normalized spacial score (nSPS) is 14.6. The highest BCUT2D eigenvalue weighted by molar-refractivity contribution is 5.79. The number of guanidine groups is 1. The molecule has 6 heteroatoms. The molecule has 0 spiro atoms. The minimum absolute atomic E-state index is 0.628. The molecule has 1 aromatic rings. The van der Waals surface area contributed by atoms with Crippen LogP contribution in [0.4, 0.5) is 0 Å². The number of methoxy groups -OCH3 is 2. The van der Waals surface area contributed by atoms with Crippen LogP contribution in [0, 0.1) is 0 Å². The van der Waals surface area contributed by atoms with Gasteiger partial charge in [-0.25, -0.2) is 4.99 Å². The van der Waals surface area contributed by atoms with Crippen LogP contribution in [-0.2, 0) is 11.3 Å². The van der Waals surface area contributed by atoms with Gasteiger partial charge in [-0.15, -0.1) is 0 Å². The maximum absolute atomic E-state index is 5.27. The summed E-state index contributed by atoms with van der Waals surface area (Å²) in [6, 6.07) is 8.77. The summed E-state index contributed by atoms with van der Waals surface area (Å²) in [5.74, 6) is 1.72. The van der Waals surface area contributed by atoms with Crippen molar-refractivity contribution in [2.24, 2.45) is 4.99 Å². The molecule has 140 valence electrons. The van der Waals surface area contributed by atoms with Gasteiger partial charge in [0, 0.05) is 39.3 Å². The highest BCUT2D eigenvalue weighted by Gasteiger charge is 2.28. The predicted octanol–water partition coefficient (Wildman–Crippen LogP) is 1.86. The highest BCUT2D eigenvalue weighted by atomic mass is 16.5. The standard InChI is InChI=1S/C19H32N4O2/c1-4-20-19(22-15-16-6-5-7-18(14-16)25-3)21-10-11-23(12-13-24-2)17-8-9-17/h5-7,14,17H,4,8-13,15H2,1-3H3,(H2,20,21,22). The fraction of sp³-hybridized carbons (Fsp3) is 0.632. The third-order valence-electron chi connectivity index (χ3n) is 4.24. The molecule has 1 fully saturated rings. The van der Waals surface area contributed by atoms with E-state index < -0.39 is 0 Å². The number of hydrogen-bond donors (Lipinski definition) is 2. The Kier molecular flexibility index (Phi) is 8.55. The molecule has 1 aliphatic rings. The molecule has 1 aliphatic carbocycles. The molecular weight excluding hydrogens is 316 g/mol. The van der Waals surface area contributed by atoms with Crippen molar-refractivity contribution in [2.45, 2.75) is 32.4 Å². The van der Waals surface area contributed by atoms with Crippen LogP contribution in [0.3, 0.4) is 0 Å². The second kappa shape index (κ2) is 10.9. The van der Waals surface area contributed by atoms with Crippen molar-refractivity contribution in [1.82, 2.24) is 15.5 Å². The number of aliphatic imine (C=N–C) groups is 1. The molecule has 0 saturated heterocycles. The van der Waals surface area contributed by atoms with Gasteiger partial charge in [0.25, 0.3) is 0 Å². The molecule has 0 aromatic heterocycles. The van der Waals surface area contributed by atoms with Crippen molar-refractivity contribution < 1.29 is 9.47 Å². The quantitative estimate of drug-likeness (QED) is 0.472. The summed E-state index contributed by atoms with van der Waals surface area (Å²) >= 11 is 0. The van der Waals surface area contributed by atoms with Crippen LogP contribution in [0.1, 0.15) is 25.3 Å². The number of hydrogen-bond acceptors (Lipinski definition) is 4. The first-order valence-electron chi connectivity index (χ1n) is 9.15. The fourth-order valence-corrected chi connectivity index (χ4v) is 2.73. The Bertz CT molecular complexity index is 532. The predicted molar refractivity (Wildman–Crippen MR) is 102 cm³/mol. The molecule has 1 saturated carbocycles. The lowest BCUT2D eigenvalue weighted by atomic mass is 10.2. The molecule has 0 heterocycles. The van der Waals surface area contributed by atoms with Gasteiger partial charge in [0.1, 0.15) is 5.75 Å². The molecule has 0 radical (unpaired) electrons. The van der Waals surface area contributed by atoms with Crippen molar-refractivity contribution in [3.63, 3.8) is 0 Å². The Balaban J connectivity index is 1.82. The van der Waals surface area contributed by atoms with Crippen LogP contribution in [0.25, 0.3) is 0 Å². The summed E-state index contributed by atoms with van der Waals surface area (Å²) in [4.78, 5) is 7.18. The van der Waals surface area contributed by atoms with Gasteiger partial charge in [-0.3, -0.25) is 4.90 Å². The van der Waals surface area contributed by atoms with E-state index in [1.807, 2.05) is 18.2 Å². The largest absolute Gasteiger partial charge is 0.497 e.